The summed E-state index contributed by atoms with van der Waals surface area (Å²) in [5, 5.41) is 12.0. The van der Waals surface area contributed by atoms with Gasteiger partial charge in [-0.15, -0.1) is 5.10 Å². The molecule has 0 atom stereocenters. The summed E-state index contributed by atoms with van der Waals surface area (Å²) in [5.74, 6) is 1.82. The first kappa shape index (κ1) is 22.1. The highest BCUT2D eigenvalue weighted by atomic mass is 35.5. The van der Waals surface area contributed by atoms with E-state index in [0.29, 0.717) is 45.7 Å². The van der Waals surface area contributed by atoms with Crippen LogP contribution in [-0.2, 0) is 13.0 Å². The van der Waals surface area contributed by atoms with Crippen molar-refractivity contribution in [2.45, 2.75) is 13.0 Å². The zero-order valence-corrected chi connectivity index (χ0v) is 18.8. The van der Waals surface area contributed by atoms with Crippen LogP contribution in [0, 0.1) is 0 Å². The summed E-state index contributed by atoms with van der Waals surface area (Å²) in [4.78, 5) is 4.22. The molecule has 3 aromatic rings. The van der Waals surface area contributed by atoms with Crippen LogP contribution in [0.3, 0.4) is 0 Å². The van der Waals surface area contributed by atoms with E-state index < -0.39 is 0 Å². The molecule has 2 N–H and O–H groups in total. The molecule has 0 radical (unpaired) electrons. The lowest BCUT2D eigenvalue weighted by Gasteiger charge is -2.11. The Labute approximate surface area is 190 Å². The molecule has 158 valence electrons. The fraction of sp³-hybridized carbons (Fsp3) is 0.250. The number of hydrogen-bond donors (Lipinski definition) is 2. The van der Waals surface area contributed by atoms with Gasteiger partial charge in [-0.05, 0) is 54.0 Å². The predicted molar refractivity (Wildman–Crippen MR) is 123 cm³/mol. The molecule has 3 rings (SSSR count). The van der Waals surface area contributed by atoms with Gasteiger partial charge in [0.25, 0.3) is 0 Å². The van der Waals surface area contributed by atoms with Gasteiger partial charge in [-0.3, -0.25) is 5.32 Å². The fourth-order valence-corrected chi connectivity index (χ4v) is 3.27. The van der Waals surface area contributed by atoms with E-state index in [1.165, 1.54) is 0 Å². The Morgan fingerprint density at radius 2 is 1.80 bits per heavy atom. The molecule has 0 aliphatic rings. The van der Waals surface area contributed by atoms with E-state index in [-0.39, 0.29) is 0 Å². The standard InChI is InChI=1S/C20H21Cl2N5O2S/c1-28-17-6-4-13(10-18(17)29-2)7-8-23-20(30)25-19-24-12-27(26-19)11-14-3-5-15(21)16(22)9-14/h3-6,9-10,12H,7-8,11H2,1-2H3,(H2,23,25,26,30). The number of halogens is 2. The van der Waals surface area contributed by atoms with Gasteiger partial charge < -0.3 is 14.8 Å². The van der Waals surface area contributed by atoms with Gasteiger partial charge in [0, 0.05) is 6.54 Å². The number of aromatic nitrogens is 3. The monoisotopic (exact) mass is 465 g/mol. The Bertz CT molecular complexity index is 1030. The molecule has 0 saturated carbocycles. The second kappa shape index (κ2) is 10.5. The summed E-state index contributed by atoms with van der Waals surface area (Å²) in [5.41, 5.74) is 2.07. The van der Waals surface area contributed by atoms with Gasteiger partial charge in [0.15, 0.2) is 16.6 Å². The molecule has 0 bridgehead atoms. The highest BCUT2D eigenvalue weighted by molar-refractivity contribution is 7.80. The third-order valence-corrected chi connectivity index (χ3v) is 5.22. The largest absolute Gasteiger partial charge is 0.493 e. The van der Waals surface area contributed by atoms with E-state index in [1.54, 1.807) is 37.4 Å². The Balaban J connectivity index is 1.48. The van der Waals surface area contributed by atoms with Crippen LogP contribution in [0.25, 0.3) is 0 Å². The first-order chi connectivity index (χ1) is 14.5. The quantitative estimate of drug-likeness (QED) is 0.483. The lowest BCUT2D eigenvalue weighted by molar-refractivity contribution is 0.354. The topological polar surface area (TPSA) is 73.2 Å². The second-order valence-electron chi connectivity index (χ2n) is 6.33. The van der Waals surface area contributed by atoms with Gasteiger partial charge in [-0.25, -0.2) is 9.67 Å². The number of methoxy groups -OCH3 is 2. The molecule has 0 amide bonds. The van der Waals surface area contributed by atoms with E-state index in [0.717, 1.165) is 17.5 Å². The van der Waals surface area contributed by atoms with Crippen LogP contribution in [-0.4, -0.2) is 40.6 Å². The number of benzene rings is 2. The van der Waals surface area contributed by atoms with Gasteiger partial charge in [0.1, 0.15) is 6.33 Å². The van der Waals surface area contributed by atoms with Crippen LogP contribution in [0.5, 0.6) is 11.5 Å². The van der Waals surface area contributed by atoms with Crippen molar-refractivity contribution in [3.8, 4) is 11.5 Å². The Hall–Kier alpha value is -2.55. The molecule has 1 heterocycles. The summed E-state index contributed by atoms with van der Waals surface area (Å²) >= 11 is 17.3. The number of thiocarbonyl (C=S) groups is 1. The number of nitrogens with zero attached hydrogens (tertiary/aromatic N) is 3. The lowest BCUT2D eigenvalue weighted by atomic mass is 10.1. The molecule has 0 fully saturated rings. The smallest absolute Gasteiger partial charge is 0.248 e. The van der Waals surface area contributed by atoms with Crippen LogP contribution in [0.1, 0.15) is 11.1 Å². The van der Waals surface area contributed by atoms with E-state index in [2.05, 4.69) is 20.7 Å². The van der Waals surface area contributed by atoms with Crippen LogP contribution < -0.4 is 20.1 Å². The molecule has 0 aliphatic heterocycles. The molecule has 10 heteroatoms. The summed E-state index contributed by atoms with van der Waals surface area (Å²) < 4.78 is 12.3. The Morgan fingerprint density at radius 3 is 2.53 bits per heavy atom. The summed E-state index contributed by atoms with van der Waals surface area (Å²) in [7, 11) is 3.23. The highest BCUT2D eigenvalue weighted by Gasteiger charge is 2.07. The van der Waals surface area contributed by atoms with Crippen molar-refractivity contribution in [1.82, 2.24) is 20.1 Å². The van der Waals surface area contributed by atoms with Crippen molar-refractivity contribution in [2.24, 2.45) is 0 Å². The van der Waals surface area contributed by atoms with Crippen LogP contribution in [0.4, 0.5) is 5.95 Å². The predicted octanol–water partition coefficient (Wildman–Crippen LogP) is 4.18. The van der Waals surface area contributed by atoms with Crippen molar-refractivity contribution >= 4 is 46.5 Å². The van der Waals surface area contributed by atoms with Crippen LogP contribution in [0.2, 0.25) is 10.0 Å². The van der Waals surface area contributed by atoms with Crippen LogP contribution >= 0.6 is 35.4 Å². The molecule has 2 aromatic carbocycles. The maximum absolute atomic E-state index is 6.05. The van der Waals surface area contributed by atoms with E-state index in [1.807, 2.05) is 24.3 Å². The number of ether oxygens (including phenoxy) is 2. The first-order valence-electron chi connectivity index (χ1n) is 9.07. The number of anilines is 1. The normalized spacial score (nSPS) is 10.5. The van der Waals surface area contributed by atoms with Crippen molar-refractivity contribution in [3.63, 3.8) is 0 Å². The summed E-state index contributed by atoms with van der Waals surface area (Å²) in [6.07, 6.45) is 2.39. The average Bonchev–Trinajstić information content (AvgIpc) is 3.17. The molecule has 0 unspecified atom stereocenters. The minimum absolute atomic E-state index is 0.415. The van der Waals surface area contributed by atoms with E-state index in [4.69, 9.17) is 44.9 Å². The van der Waals surface area contributed by atoms with Gasteiger partial charge in [-0.2, -0.15) is 0 Å². The second-order valence-corrected chi connectivity index (χ2v) is 7.56. The maximum atomic E-state index is 6.05. The number of nitrogens with one attached hydrogen (secondary N) is 2. The molecule has 0 saturated heterocycles. The van der Waals surface area contributed by atoms with Gasteiger partial charge in [0.05, 0.1) is 30.8 Å². The van der Waals surface area contributed by atoms with Gasteiger partial charge >= 0.3 is 0 Å². The number of hydrogen-bond acceptors (Lipinski definition) is 5. The van der Waals surface area contributed by atoms with E-state index in [9.17, 15) is 0 Å². The van der Waals surface area contributed by atoms with Gasteiger partial charge in [-0.1, -0.05) is 35.3 Å². The SMILES string of the molecule is COc1ccc(CCNC(=S)Nc2ncn(Cc3ccc(Cl)c(Cl)c3)n2)cc1OC. The van der Waals surface area contributed by atoms with Crippen molar-refractivity contribution in [3.05, 3.63) is 63.9 Å². The Morgan fingerprint density at radius 1 is 1.03 bits per heavy atom. The molecule has 7 nitrogen and oxygen atoms in total. The highest BCUT2D eigenvalue weighted by Crippen LogP contribution is 2.27. The van der Waals surface area contributed by atoms with Crippen molar-refractivity contribution in [2.75, 3.05) is 26.1 Å². The Kier molecular flexibility index (Phi) is 7.73. The van der Waals surface area contributed by atoms with Gasteiger partial charge in [0.2, 0.25) is 5.95 Å². The van der Waals surface area contributed by atoms with Crippen molar-refractivity contribution in [1.29, 1.82) is 0 Å². The lowest BCUT2D eigenvalue weighted by Crippen LogP contribution is -2.30. The van der Waals surface area contributed by atoms with E-state index >= 15 is 0 Å². The van der Waals surface area contributed by atoms with Crippen molar-refractivity contribution < 1.29 is 9.47 Å². The third kappa shape index (κ3) is 5.98. The zero-order chi connectivity index (χ0) is 21.5. The minimum atomic E-state index is 0.415. The summed E-state index contributed by atoms with van der Waals surface area (Å²) in [6, 6.07) is 11.3. The molecule has 1 aromatic heterocycles. The molecule has 30 heavy (non-hydrogen) atoms. The molecular weight excluding hydrogens is 445 g/mol. The minimum Gasteiger partial charge on any atom is -0.493 e. The molecular formula is C20H21Cl2N5O2S. The zero-order valence-electron chi connectivity index (χ0n) is 16.5. The van der Waals surface area contributed by atoms with Crippen LogP contribution in [0.15, 0.2) is 42.7 Å². The third-order valence-electron chi connectivity index (χ3n) is 4.24. The number of rotatable bonds is 8. The maximum Gasteiger partial charge on any atom is 0.248 e. The molecule has 0 spiro atoms. The molecule has 0 aliphatic carbocycles. The summed E-state index contributed by atoms with van der Waals surface area (Å²) in [6.45, 7) is 1.16. The average molecular weight is 466 g/mol. The first-order valence-corrected chi connectivity index (χ1v) is 10.2. The fourth-order valence-electron chi connectivity index (χ4n) is 2.76.